The largest absolute Gasteiger partial charge is 0.309 e. The van der Waals surface area contributed by atoms with Gasteiger partial charge in [-0.2, -0.15) is 0 Å². The molecule has 3 aromatic rings. The van der Waals surface area contributed by atoms with E-state index < -0.39 is 0 Å². The van der Waals surface area contributed by atoms with Gasteiger partial charge < -0.3 is 4.98 Å². The van der Waals surface area contributed by atoms with Crippen LogP contribution in [0, 0.1) is 0 Å². The van der Waals surface area contributed by atoms with Gasteiger partial charge in [0.2, 0.25) is 0 Å². The second-order valence-corrected chi connectivity index (χ2v) is 7.15. The molecule has 26 heavy (non-hydrogen) atoms. The Kier molecular flexibility index (Phi) is 5.02. The number of para-hydroxylation sites is 1. The summed E-state index contributed by atoms with van der Waals surface area (Å²) < 4.78 is 0. The second kappa shape index (κ2) is 7.58. The summed E-state index contributed by atoms with van der Waals surface area (Å²) in [6.45, 7) is 5.48. The van der Waals surface area contributed by atoms with E-state index in [0.29, 0.717) is 11.9 Å². The lowest BCUT2D eigenvalue weighted by Crippen LogP contribution is -2.45. The summed E-state index contributed by atoms with van der Waals surface area (Å²) in [5.74, 6) is 0.733. The standard InChI is InChI=1S/C20H21ClN4O/c21-16-5-3-4-15(12-16)13-24-8-10-25(11-9-24)14-19-22-18-7-2-1-6-17(18)20(26)23-19/h1-7,12H,8-11,13-14H2,(H,22,23,26). The Bertz CT molecular complexity index is 963. The number of aromatic amines is 1. The Morgan fingerprint density at radius 1 is 0.962 bits per heavy atom. The lowest BCUT2D eigenvalue weighted by Gasteiger charge is -2.34. The molecule has 0 saturated carbocycles. The molecule has 0 unspecified atom stereocenters. The molecule has 1 fully saturated rings. The smallest absolute Gasteiger partial charge is 0.258 e. The number of fused-ring (bicyclic) bond motifs is 1. The molecule has 0 bridgehead atoms. The zero-order valence-electron chi connectivity index (χ0n) is 14.5. The first-order chi connectivity index (χ1) is 12.7. The first-order valence-corrected chi connectivity index (χ1v) is 9.22. The summed E-state index contributed by atoms with van der Waals surface area (Å²) in [4.78, 5) is 24.5. The van der Waals surface area contributed by atoms with Crippen LogP contribution in [0.5, 0.6) is 0 Å². The number of piperazine rings is 1. The molecule has 0 atom stereocenters. The van der Waals surface area contributed by atoms with Crippen molar-refractivity contribution in [2.45, 2.75) is 13.1 Å². The fraction of sp³-hybridized carbons (Fsp3) is 0.300. The SMILES string of the molecule is O=c1[nH]c(CN2CCN(Cc3cccc(Cl)c3)CC2)nc2ccccc12. The summed E-state index contributed by atoms with van der Waals surface area (Å²) in [7, 11) is 0. The fourth-order valence-corrected chi connectivity index (χ4v) is 3.63. The molecule has 4 rings (SSSR count). The molecule has 1 aliphatic rings. The highest BCUT2D eigenvalue weighted by Crippen LogP contribution is 2.14. The van der Waals surface area contributed by atoms with Crippen LogP contribution in [0.3, 0.4) is 0 Å². The number of hydrogen-bond acceptors (Lipinski definition) is 4. The molecule has 1 N–H and O–H groups in total. The van der Waals surface area contributed by atoms with E-state index in [4.69, 9.17) is 11.6 Å². The van der Waals surface area contributed by atoms with Crippen molar-refractivity contribution < 1.29 is 0 Å². The number of benzene rings is 2. The topological polar surface area (TPSA) is 52.2 Å². The van der Waals surface area contributed by atoms with Crippen molar-refractivity contribution in [1.82, 2.24) is 19.8 Å². The van der Waals surface area contributed by atoms with Gasteiger partial charge in [-0.25, -0.2) is 4.98 Å². The molecule has 134 valence electrons. The third-order valence-electron chi connectivity index (χ3n) is 4.80. The number of H-pyrrole nitrogens is 1. The van der Waals surface area contributed by atoms with Gasteiger partial charge in [-0.05, 0) is 29.8 Å². The van der Waals surface area contributed by atoms with E-state index in [1.807, 2.05) is 36.4 Å². The van der Waals surface area contributed by atoms with E-state index in [-0.39, 0.29) is 5.56 Å². The lowest BCUT2D eigenvalue weighted by atomic mass is 10.2. The van der Waals surface area contributed by atoms with Gasteiger partial charge in [-0.15, -0.1) is 0 Å². The predicted octanol–water partition coefficient (Wildman–Crippen LogP) is 2.89. The van der Waals surface area contributed by atoms with Gasteiger partial charge in [0.1, 0.15) is 5.82 Å². The zero-order valence-corrected chi connectivity index (χ0v) is 15.2. The van der Waals surface area contributed by atoms with E-state index in [1.54, 1.807) is 6.07 Å². The van der Waals surface area contributed by atoms with Crippen LogP contribution in [-0.4, -0.2) is 45.9 Å². The van der Waals surface area contributed by atoms with E-state index in [0.717, 1.165) is 49.1 Å². The summed E-state index contributed by atoms with van der Waals surface area (Å²) in [5.41, 5.74) is 1.93. The summed E-state index contributed by atoms with van der Waals surface area (Å²) >= 11 is 6.07. The fourth-order valence-electron chi connectivity index (χ4n) is 3.42. The van der Waals surface area contributed by atoms with E-state index in [9.17, 15) is 4.79 Å². The average Bonchev–Trinajstić information content (AvgIpc) is 2.64. The summed E-state index contributed by atoms with van der Waals surface area (Å²) in [6.07, 6.45) is 0. The molecule has 2 heterocycles. The summed E-state index contributed by atoms with van der Waals surface area (Å²) in [5, 5.41) is 1.43. The van der Waals surface area contributed by atoms with Gasteiger partial charge in [-0.3, -0.25) is 14.6 Å². The van der Waals surface area contributed by atoms with Crippen molar-refractivity contribution >= 4 is 22.5 Å². The van der Waals surface area contributed by atoms with Gasteiger partial charge >= 0.3 is 0 Å². The molecule has 2 aromatic carbocycles. The van der Waals surface area contributed by atoms with Crippen LogP contribution in [-0.2, 0) is 13.1 Å². The quantitative estimate of drug-likeness (QED) is 0.769. The van der Waals surface area contributed by atoms with Crippen LogP contribution in [0.15, 0.2) is 53.3 Å². The Hall–Kier alpha value is -2.21. The van der Waals surface area contributed by atoms with Crippen LogP contribution in [0.25, 0.3) is 10.9 Å². The molecule has 1 saturated heterocycles. The second-order valence-electron chi connectivity index (χ2n) is 6.71. The lowest BCUT2D eigenvalue weighted by molar-refractivity contribution is 0.120. The van der Waals surface area contributed by atoms with Gasteiger partial charge in [0.25, 0.3) is 5.56 Å². The third-order valence-corrected chi connectivity index (χ3v) is 5.03. The van der Waals surface area contributed by atoms with Crippen LogP contribution in [0.1, 0.15) is 11.4 Å². The van der Waals surface area contributed by atoms with Crippen molar-refractivity contribution in [3.8, 4) is 0 Å². The Morgan fingerprint density at radius 3 is 2.46 bits per heavy atom. The van der Waals surface area contributed by atoms with E-state index >= 15 is 0 Å². The first kappa shape index (κ1) is 17.2. The molecule has 6 heteroatoms. The number of rotatable bonds is 4. The van der Waals surface area contributed by atoms with Gasteiger partial charge in [0.05, 0.1) is 17.4 Å². The highest BCUT2D eigenvalue weighted by atomic mass is 35.5. The number of aromatic nitrogens is 2. The van der Waals surface area contributed by atoms with E-state index in [1.165, 1.54) is 5.56 Å². The number of hydrogen-bond donors (Lipinski definition) is 1. The van der Waals surface area contributed by atoms with Crippen LogP contribution >= 0.6 is 11.6 Å². The monoisotopic (exact) mass is 368 g/mol. The number of halogens is 1. The minimum absolute atomic E-state index is 0.0646. The molecule has 0 radical (unpaired) electrons. The van der Waals surface area contributed by atoms with Crippen LogP contribution < -0.4 is 5.56 Å². The maximum atomic E-state index is 12.2. The highest BCUT2D eigenvalue weighted by Gasteiger charge is 2.18. The van der Waals surface area contributed by atoms with Gasteiger partial charge in [0.15, 0.2) is 0 Å². The molecule has 0 amide bonds. The minimum atomic E-state index is -0.0646. The van der Waals surface area contributed by atoms with Crippen molar-refractivity contribution in [3.05, 3.63) is 75.3 Å². The maximum Gasteiger partial charge on any atom is 0.258 e. The molecule has 1 aromatic heterocycles. The summed E-state index contributed by atoms with van der Waals surface area (Å²) in [6, 6.07) is 15.5. The van der Waals surface area contributed by atoms with Crippen LogP contribution in [0.4, 0.5) is 0 Å². The molecule has 0 aliphatic carbocycles. The first-order valence-electron chi connectivity index (χ1n) is 8.84. The average molecular weight is 369 g/mol. The predicted molar refractivity (Wildman–Crippen MR) is 104 cm³/mol. The molecule has 5 nitrogen and oxygen atoms in total. The Labute approximate surface area is 157 Å². The van der Waals surface area contributed by atoms with Gasteiger partial charge in [0, 0.05) is 37.7 Å². The van der Waals surface area contributed by atoms with E-state index in [2.05, 4.69) is 25.8 Å². The molecular formula is C20H21ClN4O. The molecule has 1 aliphatic heterocycles. The maximum absolute atomic E-state index is 12.2. The highest BCUT2D eigenvalue weighted by molar-refractivity contribution is 6.30. The Balaban J connectivity index is 1.37. The minimum Gasteiger partial charge on any atom is -0.309 e. The van der Waals surface area contributed by atoms with Crippen molar-refractivity contribution in [1.29, 1.82) is 0 Å². The molecule has 0 spiro atoms. The van der Waals surface area contributed by atoms with Crippen molar-refractivity contribution in [2.75, 3.05) is 26.2 Å². The Morgan fingerprint density at radius 2 is 1.69 bits per heavy atom. The number of nitrogens with zero attached hydrogens (tertiary/aromatic N) is 3. The number of nitrogens with one attached hydrogen (secondary N) is 1. The van der Waals surface area contributed by atoms with Crippen molar-refractivity contribution in [2.24, 2.45) is 0 Å². The van der Waals surface area contributed by atoms with Gasteiger partial charge in [-0.1, -0.05) is 35.9 Å². The molecular weight excluding hydrogens is 348 g/mol. The third kappa shape index (κ3) is 3.96. The van der Waals surface area contributed by atoms with Crippen LogP contribution in [0.2, 0.25) is 5.02 Å². The zero-order chi connectivity index (χ0) is 17.9. The normalized spacial score (nSPS) is 16.2. The van der Waals surface area contributed by atoms with Crippen molar-refractivity contribution in [3.63, 3.8) is 0 Å².